The predicted octanol–water partition coefficient (Wildman–Crippen LogP) is 1.92. The normalized spacial score (nSPS) is 23.0. The summed E-state index contributed by atoms with van der Waals surface area (Å²) in [5.41, 5.74) is 1.10. The van der Waals surface area contributed by atoms with E-state index in [0.29, 0.717) is 30.2 Å². The van der Waals surface area contributed by atoms with Crippen LogP contribution in [-0.4, -0.2) is 46.3 Å². The maximum atomic E-state index is 12.4. The number of ether oxygens (including phenoxy) is 1. The van der Waals surface area contributed by atoms with Gasteiger partial charge in [0, 0.05) is 19.2 Å². The van der Waals surface area contributed by atoms with Crippen molar-refractivity contribution in [3.8, 4) is 11.5 Å². The highest BCUT2D eigenvalue weighted by molar-refractivity contribution is 5.93. The summed E-state index contributed by atoms with van der Waals surface area (Å²) >= 11 is 0. The summed E-state index contributed by atoms with van der Waals surface area (Å²) in [6.07, 6.45) is 1.68. The average molecular weight is 275 g/mol. The van der Waals surface area contributed by atoms with E-state index in [9.17, 15) is 4.79 Å². The topological polar surface area (TPSA) is 71.4 Å². The SMILES string of the molecule is C[C@@H]1CN(C(=O)c2cc(-c3ccco3)[nH]n2)C[C@@H](C)O1. The number of aromatic nitrogens is 2. The van der Waals surface area contributed by atoms with E-state index in [2.05, 4.69) is 10.2 Å². The van der Waals surface area contributed by atoms with Gasteiger partial charge in [0.25, 0.3) is 5.91 Å². The molecule has 2 aromatic rings. The van der Waals surface area contributed by atoms with Crippen molar-refractivity contribution in [2.75, 3.05) is 13.1 Å². The highest BCUT2D eigenvalue weighted by Gasteiger charge is 2.28. The molecule has 6 heteroatoms. The number of carbonyl (C=O) groups is 1. The molecule has 20 heavy (non-hydrogen) atoms. The molecule has 0 bridgehead atoms. The largest absolute Gasteiger partial charge is 0.463 e. The van der Waals surface area contributed by atoms with Crippen molar-refractivity contribution in [1.82, 2.24) is 15.1 Å². The Morgan fingerprint density at radius 3 is 2.80 bits per heavy atom. The number of hydrogen-bond acceptors (Lipinski definition) is 4. The van der Waals surface area contributed by atoms with Gasteiger partial charge in [0.15, 0.2) is 11.5 Å². The van der Waals surface area contributed by atoms with Crippen LogP contribution in [0.2, 0.25) is 0 Å². The van der Waals surface area contributed by atoms with Crippen molar-refractivity contribution in [3.05, 3.63) is 30.2 Å². The molecule has 106 valence electrons. The second kappa shape index (κ2) is 5.13. The van der Waals surface area contributed by atoms with Gasteiger partial charge in [-0.1, -0.05) is 0 Å². The van der Waals surface area contributed by atoms with Gasteiger partial charge in [-0.2, -0.15) is 5.10 Å². The van der Waals surface area contributed by atoms with Crippen LogP contribution in [0.4, 0.5) is 0 Å². The van der Waals surface area contributed by atoms with Gasteiger partial charge >= 0.3 is 0 Å². The summed E-state index contributed by atoms with van der Waals surface area (Å²) in [7, 11) is 0. The lowest BCUT2D eigenvalue weighted by atomic mass is 10.2. The number of H-pyrrole nitrogens is 1. The number of morpholine rings is 1. The van der Waals surface area contributed by atoms with Crippen LogP contribution in [0.1, 0.15) is 24.3 Å². The summed E-state index contributed by atoms with van der Waals surface area (Å²) in [5, 5.41) is 6.91. The Hall–Kier alpha value is -2.08. The number of carbonyl (C=O) groups excluding carboxylic acids is 1. The number of nitrogens with one attached hydrogen (secondary N) is 1. The first-order valence-electron chi connectivity index (χ1n) is 6.67. The second-order valence-electron chi connectivity index (χ2n) is 5.11. The molecule has 1 saturated heterocycles. The zero-order valence-corrected chi connectivity index (χ0v) is 11.5. The Bertz CT molecular complexity index is 581. The minimum absolute atomic E-state index is 0.0474. The molecule has 0 saturated carbocycles. The van der Waals surface area contributed by atoms with Crippen LogP contribution in [0.25, 0.3) is 11.5 Å². The molecule has 2 aromatic heterocycles. The molecule has 1 aliphatic heterocycles. The molecule has 1 fully saturated rings. The maximum absolute atomic E-state index is 12.4. The molecule has 0 radical (unpaired) electrons. The van der Waals surface area contributed by atoms with E-state index in [1.165, 1.54) is 0 Å². The molecular formula is C14H17N3O3. The average Bonchev–Trinajstić information content (AvgIpc) is 3.07. The fourth-order valence-electron chi connectivity index (χ4n) is 2.50. The van der Waals surface area contributed by atoms with Crippen LogP contribution >= 0.6 is 0 Å². The summed E-state index contributed by atoms with van der Waals surface area (Å²) in [5.74, 6) is 0.585. The smallest absolute Gasteiger partial charge is 0.274 e. The zero-order chi connectivity index (χ0) is 14.1. The van der Waals surface area contributed by atoms with Crippen LogP contribution < -0.4 is 0 Å². The van der Waals surface area contributed by atoms with E-state index < -0.39 is 0 Å². The van der Waals surface area contributed by atoms with Gasteiger partial charge in [-0.3, -0.25) is 9.89 Å². The molecular weight excluding hydrogens is 258 g/mol. The number of furan rings is 1. The lowest BCUT2D eigenvalue weighted by Gasteiger charge is -2.34. The summed E-state index contributed by atoms with van der Waals surface area (Å²) < 4.78 is 10.9. The van der Waals surface area contributed by atoms with Gasteiger partial charge in [-0.15, -0.1) is 0 Å². The molecule has 6 nitrogen and oxygen atoms in total. The van der Waals surface area contributed by atoms with Gasteiger partial charge in [-0.25, -0.2) is 0 Å². The first-order chi connectivity index (χ1) is 9.63. The van der Waals surface area contributed by atoms with E-state index >= 15 is 0 Å². The fourth-order valence-corrected chi connectivity index (χ4v) is 2.50. The van der Waals surface area contributed by atoms with Gasteiger partial charge < -0.3 is 14.1 Å². The van der Waals surface area contributed by atoms with Gasteiger partial charge in [0.1, 0.15) is 5.69 Å². The Morgan fingerprint density at radius 2 is 2.15 bits per heavy atom. The number of hydrogen-bond donors (Lipinski definition) is 1. The minimum atomic E-state index is -0.0824. The van der Waals surface area contributed by atoms with Gasteiger partial charge in [-0.05, 0) is 26.0 Å². The van der Waals surface area contributed by atoms with Crippen molar-refractivity contribution in [3.63, 3.8) is 0 Å². The highest BCUT2D eigenvalue weighted by atomic mass is 16.5. The molecule has 2 atom stereocenters. The monoisotopic (exact) mass is 275 g/mol. The quantitative estimate of drug-likeness (QED) is 0.909. The third-order valence-corrected chi connectivity index (χ3v) is 3.29. The Kier molecular flexibility index (Phi) is 3.31. The number of rotatable bonds is 2. The van der Waals surface area contributed by atoms with Gasteiger partial charge in [0.05, 0.1) is 18.5 Å². The van der Waals surface area contributed by atoms with Gasteiger partial charge in [0.2, 0.25) is 0 Å². The van der Waals surface area contributed by atoms with E-state index in [4.69, 9.17) is 9.15 Å². The summed E-state index contributed by atoms with van der Waals surface area (Å²) in [6, 6.07) is 5.33. The van der Waals surface area contributed by atoms with Crippen LogP contribution in [0.5, 0.6) is 0 Å². The van der Waals surface area contributed by atoms with E-state index in [1.54, 1.807) is 23.3 Å². The van der Waals surface area contributed by atoms with Crippen LogP contribution in [0.3, 0.4) is 0 Å². The van der Waals surface area contributed by atoms with E-state index in [0.717, 1.165) is 0 Å². The third kappa shape index (κ3) is 2.46. The second-order valence-corrected chi connectivity index (χ2v) is 5.11. The molecule has 1 amide bonds. The Morgan fingerprint density at radius 1 is 1.40 bits per heavy atom. The Balaban J connectivity index is 1.77. The summed E-state index contributed by atoms with van der Waals surface area (Å²) in [6.45, 7) is 5.11. The van der Waals surface area contributed by atoms with Crippen LogP contribution in [0, 0.1) is 0 Å². The summed E-state index contributed by atoms with van der Waals surface area (Å²) in [4.78, 5) is 14.2. The predicted molar refractivity (Wildman–Crippen MR) is 72.2 cm³/mol. The molecule has 0 aliphatic carbocycles. The maximum Gasteiger partial charge on any atom is 0.274 e. The Labute approximate surface area is 116 Å². The number of nitrogens with zero attached hydrogens (tertiary/aromatic N) is 2. The molecule has 0 unspecified atom stereocenters. The fraction of sp³-hybridized carbons (Fsp3) is 0.429. The first-order valence-corrected chi connectivity index (χ1v) is 6.67. The first kappa shape index (κ1) is 12.9. The molecule has 3 rings (SSSR count). The van der Waals surface area contributed by atoms with Crippen molar-refractivity contribution in [2.24, 2.45) is 0 Å². The lowest BCUT2D eigenvalue weighted by Crippen LogP contribution is -2.48. The molecule has 0 spiro atoms. The zero-order valence-electron chi connectivity index (χ0n) is 11.5. The molecule has 3 heterocycles. The number of aromatic amines is 1. The third-order valence-electron chi connectivity index (χ3n) is 3.29. The minimum Gasteiger partial charge on any atom is -0.463 e. The number of amides is 1. The van der Waals surface area contributed by atoms with Crippen LogP contribution in [-0.2, 0) is 4.74 Å². The van der Waals surface area contributed by atoms with E-state index in [-0.39, 0.29) is 18.1 Å². The standard InChI is InChI=1S/C14H17N3O3/c1-9-7-17(8-10(2)20-9)14(18)12-6-11(15-16-12)13-4-3-5-19-13/h3-6,9-10H,7-8H2,1-2H3,(H,15,16)/t9-,10-/m1/s1. The molecule has 0 aromatic carbocycles. The van der Waals surface area contributed by atoms with E-state index in [1.807, 2.05) is 19.9 Å². The lowest BCUT2D eigenvalue weighted by molar-refractivity contribution is -0.0587. The molecule has 1 N–H and O–H groups in total. The highest BCUT2D eigenvalue weighted by Crippen LogP contribution is 2.19. The van der Waals surface area contributed by atoms with Crippen molar-refractivity contribution >= 4 is 5.91 Å². The van der Waals surface area contributed by atoms with Crippen molar-refractivity contribution < 1.29 is 13.9 Å². The van der Waals surface area contributed by atoms with Crippen molar-refractivity contribution in [2.45, 2.75) is 26.1 Å². The van der Waals surface area contributed by atoms with Crippen molar-refractivity contribution in [1.29, 1.82) is 0 Å². The molecule has 1 aliphatic rings. The van der Waals surface area contributed by atoms with Crippen LogP contribution in [0.15, 0.2) is 28.9 Å².